The first-order valence-electron chi connectivity index (χ1n) is 7.26. The van der Waals surface area contributed by atoms with E-state index in [4.69, 9.17) is 4.74 Å². The smallest absolute Gasteiger partial charge is 0.131 e. The Morgan fingerprint density at radius 1 is 1.32 bits per heavy atom. The van der Waals surface area contributed by atoms with Crippen molar-refractivity contribution in [3.63, 3.8) is 0 Å². The summed E-state index contributed by atoms with van der Waals surface area (Å²) in [7, 11) is 3.50. The van der Waals surface area contributed by atoms with E-state index in [9.17, 15) is 4.39 Å². The van der Waals surface area contributed by atoms with Gasteiger partial charge in [0, 0.05) is 11.6 Å². The van der Waals surface area contributed by atoms with Crippen LogP contribution in [-0.4, -0.2) is 14.2 Å². The third-order valence-corrected chi connectivity index (χ3v) is 4.22. The Morgan fingerprint density at radius 3 is 2.68 bits per heavy atom. The van der Waals surface area contributed by atoms with Crippen LogP contribution in [0, 0.1) is 11.7 Å². The minimum absolute atomic E-state index is 0.0410. The number of halogens is 1. The van der Waals surface area contributed by atoms with Gasteiger partial charge in [0.25, 0.3) is 0 Å². The van der Waals surface area contributed by atoms with Crippen molar-refractivity contribution >= 4 is 0 Å². The summed E-state index contributed by atoms with van der Waals surface area (Å²) in [6.07, 6.45) is 7.52. The molecule has 1 aromatic carbocycles. The van der Waals surface area contributed by atoms with E-state index in [0.717, 1.165) is 6.42 Å². The highest BCUT2D eigenvalue weighted by Gasteiger charge is 2.23. The van der Waals surface area contributed by atoms with E-state index in [0.29, 0.717) is 17.2 Å². The molecule has 1 aliphatic rings. The zero-order valence-corrected chi connectivity index (χ0v) is 11.9. The fourth-order valence-electron chi connectivity index (χ4n) is 3.17. The molecule has 19 heavy (non-hydrogen) atoms. The molecule has 0 bridgehead atoms. The highest BCUT2D eigenvalue weighted by molar-refractivity contribution is 5.37. The van der Waals surface area contributed by atoms with E-state index < -0.39 is 0 Å². The molecule has 0 aromatic heterocycles. The fourth-order valence-corrected chi connectivity index (χ4v) is 3.17. The van der Waals surface area contributed by atoms with Crippen molar-refractivity contribution in [2.45, 2.75) is 44.6 Å². The summed E-state index contributed by atoms with van der Waals surface area (Å²) < 4.78 is 19.4. The summed E-state index contributed by atoms with van der Waals surface area (Å²) in [6.45, 7) is 0. The van der Waals surface area contributed by atoms with Gasteiger partial charge in [-0.05, 0) is 31.5 Å². The van der Waals surface area contributed by atoms with Crippen molar-refractivity contribution in [1.82, 2.24) is 5.32 Å². The lowest BCUT2D eigenvalue weighted by molar-refractivity contribution is 0.297. The molecule has 1 aromatic rings. The second kappa shape index (κ2) is 6.90. The number of nitrogens with one attached hydrogen (secondary N) is 1. The van der Waals surface area contributed by atoms with Crippen LogP contribution in [0.1, 0.15) is 50.1 Å². The summed E-state index contributed by atoms with van der Waals surface area (Å²) in [4.78, 5) is 0. The molecule has 2 nitrogen and oxygen atoms in total. The van der Waals surface area contributed by atoms with Crippen LogP contribution in [-0.2, 0) is 0 Å². The summed E-state index contributed by atoms with van der Waals surface area (Å²) in [5.74, 6) is 1.18. The van der Waals surface area contributed by atoms with Crippen LogP contribution in [0.25, 0.3) is 0 Å². The van der Waals surface area contributed by atoms with E-state index in [1.165, 1.54) is 38.2 Å². The van der Waals surface area contributed by atoms with E-state index in [2.05, 4.69) is 5.32 Å². The molecule has 3 heteroatoms. The minimum atomic E-state index is -0.172. The lowest BCUT2D eigenvalue weighted by atomic mass is 9.83. The number of rotatable bonds is 5. The molecule has 1 aliphatic carbocycles. The standard InChI is InChI=1S/C16H24FNO/c1-18-14(11-12-7-4-3-5-8-12)16-13(17)9-6-10-15(16)19-2/h6,9-10,12,14,18H,3-5,7-8,11H2,1-2H3. The zero-order chi connectivity index (χ0) is 13.7. The third kappa shape index (κ3) is 3.47. The predicted molar refractivity (Wildman–Crippen MR) is 75.9 cm³/mol. The summed E-state index contributed by atoms with van der Waals surface area (Å²) >= 11 is 0. The van der Waals surface area contributed by atoms with Crippen molar-refractivity contribution in [3.05, 3.63) is 29.6 Å². The Bertz CT molecular complexity index is 402. The average molecular weight is 265 g/mol. The Hall–Kier alpha value is -1.09. The second-order valence-electron chi connectivity index (χ2n) is 5.44. The molecule has 1 unspecified atom stereocenters. The first kappa shape index (κ1) is 14.3. The summed E-state index contributed by atoms with van der Waals surface area (Å²) in [5.41, 5.74) is 0.679. The van der Waals surface area contributed by atoms with Gasteiger partial charge in [0.15, 0.2) is 0 Å². The number of hydrogen-bond donors (Lipinski definition) is 1. The lowest BCUT2D eigenvalue weighted by Gasteiger charge is -2.27. The molecule has 0 heterocycles. The van der Waals surface area contributed by atoms with E-state index in [-0.39, 0.29) is 11.9 Å². The van der Waals surface area contributed by atoms with Crippen molar-refractivity contribution in [3.8, 4) is 5.75 Å². The van der Waals surface area contributed by atoms with E-state index >= 15 is 0 Å². The Morgan fingerprint density at radius 2 is 2.05 bits per heavy atom. The van der Waals surface area contributed by atoms with Gasteiger partial charge in [-0.3, -0.25) is 0 Å². The fraction of sp³-hybridized carbons (Fsp3) is 0.625. The van der Waals surface area contributed by atoms with Gasteiger partial charge in [-0.1, -0.05) is 38.2 Å². The first-order valence-corrected chi connectivity index (χ1v) is 7.26. The van der Waals surface area contributed by atoms with Crippen LogP contribution in [0.5, 0.6) is 5.75 Å². The largest absolute Gasteiger partial charge is 0.496 e. The topological polar surface area (TPSA) is 21.3 Å². The summed E-state index contributed by atoms with van der Waals surface area (Å²) in [6, 6.07) is 5.09. The molecule has 1 saturated carbocycles. The molecule has 1 N–H and O–H groups in total. The number of benzene rings is 1. The van der Waals surface area contributed by atoms with Gasteiger partial charge >= 0.3 is 0 Å². The molecule has 1 atom stereocenters. The third-order valence-electron chi connectivity index (χ3n) is 4.22. The number of methoxy groups -OCH3 is 1. The van der Waals surface area contributed by atoms with Gasteiger partial charge in [-0.25, -0.2) is 4.39 Å². The van der Waals surface area contributed by atoms with Gasteiger partial charge in [-0.15, -0.1) is 0 Å². The van der Waals surface area contributed by atoms with Gasteiger partial charge in [0.05, 0.1) is 7.11 Å². The van der Waals surface area contributed by atoms with E-state index in [1.807, 2.05) is 13.1 Å². The van der Waals surface area contributed by atoms with Gasteiger partial charge in [0.1, 0.15) is 11.6 Å². The van der Waals surface area contributed by atoms with Gasteiger partial charge in [-0.2, -0.15) is 0 Å². The number of ether oxygens (including phenoxy) is 1. The highest BCUT2D eigenvalue weighted by atomic mass is 19.1. The van der Waals surface area contributed by atoms with Crippen molar-refractivity contribution in [2.24, 2.45) is 5.92 Å². The lowest BCUT2D eigenvalue weighted by Crippen LogP contribution is -2.22. The van der Waals surface area contributed by atoms with Crippen molar-refractivity contribution < 1.29 is 9.13 Å². The van der Waals surface area contributed by atoms with E-state index in [1.54, 1.807) is 13.2 Å². The molecule has 0 radical (unpaired) electrons. The van der Waals surface area contributed by atoms with Crippen LogP contribution in [0.3, 0.4) is 0 Å². The Balaban J connectivity index is 2.16. The van der Waals surface area contributed by atoms with Crippen LogP contribution >= 0.6 is 0 Å². The Labute approximate surface area is 115 Å². The molecule has 0 saturated heterocycles. The predicted octanol–water partition coefficient (Wildman–Crippen LogP) is 4.07. The average Bonchev–Trinajstić information content (AvgIpc) is 2.46. The van der Waals surface area contributed by atoms with Crippen LogP contribution in [0.4, 0.5) is 4.39 Å². The molecule has 0 aliphatic heterocycles. The molecule has 106 valence electrons. The van der Waals surface area contributed by atoms with Crippen LogP contribution in [0.15, 0.2) is 18.2 Å². The van der Waals surface area contributed by atoms with Crippen molar-refractivity contribution in [2.75, 3.05) is 14.2 Å². The Kier molecular flexibility index (Phi) is 5.20. The maximum atomic E-state index is 14.1. The molecule has 0 amide bonds. The second-order valence-corrected chi connectivity index (χ2v) is 5.44. The van der Waals surface area contributed by atoms with Crippen LogP contribution in [0.2, 0.25) is 0 Å². The zero-order valence-electron chi connectivity index (χ0n) is 11.9. The monoisotopic (exact) mass is 265 g/mol. The SMILES string of the molecule is CNC(CC1CCCCC1)c1c(F)cccc1OC. The molecular weight excluding hydrogens is 241 g/mol. The first-order chi connectivity index (χ1) is 9.26. The normalized spacial score (nSPS) is 18.3. The molecule has 2 rings (SSSR count). The van der Waals surface area contributed by atoms with Crippen molar-refractivity contribution in [1.29, 1.82) is 0 Å². The van der Waals surface area contributed by atoms with Gasteiger partial charge < -0.3 is 10.1 Å². The molecule has 0 spiro atoms. The maximum absolute atomic E-state index is 14.1. The molecule has 1 fully saturated rings. The maximum Gasteiger partial charge on any atom is 0.131 e. The quantitative estimate of drug-likeness (QED) is 0.866. The summed E-state index contributed by atoms with van der Waals surface area (Å²) in [5, 5.41) is 3.26. The minimum Gasteiger partial charge on any atom is -0.496 e. The van der Waals surface area contributed by atoms with Gasteiger partial charge in [0.2, 0.25) is 0 Å². The number of hydrogen-bond acceptors (Lipinski definition) is 2. The molecular formula is C16H24FNO. The van der Waals surface area contributed by atoms with Crippen LogP contribution < -0.4 is 10.1 Å². The highest BCUT2D eigenvalue weighted by Crippen LogP contribution is 2.36.